The molecule has 2 aromatic heterocycles. The van der Waals surface area contributed by atoms with E-state index in [1.165, 1.54) is 4.88 Å². The monoisotopic (exact) mass is 1090 g/mol. The molecule has 2 aliphatic rings. The number of halogens is 2. The highest BCUT2D eigenvalue weighted by atomic mass is 35.5. The number of thiophene rings is 1. The van der Waals surface area contributed by atoms with Gasteiger partial charge in [0.25, 0.3) is 0 Å². The van der Waals surface area contributed by atoms with Gasteiger partial charge in [-0.15, -0.1) is 21.5 Å². The van der Waals surface area contributed by atoms with Crippen molar-refractivity contribution in [3.63, 3.8) is 0 Å². The number of carbonyl (C=O) groups is 2. The molecule has 16 nitrogen and oxygen atoms in total. The summed E-state index contributed by atoms with van der Waals surface area (Å²) in [5.41, 5.74) is 4.39. The molecule has 5 aromatic rings. The third kappa shape index (κ3) is 14.8. The number of fused-ring (bicyclic) bond motifs is 3. The first kappa shape index (κ1) is 57.4. The van der Waals surface area contributed by atoms with Crippen LogP contribution in [0.5, 0.6) is 11.5 Å². The SMILES string of the molecule is Cc1sc2c(c1C)C(c1ccc(Cl)cc1)=N[C@@H](CC(=O)NCCOCCOCCOCCOCCOCCOCCOc1ccc(C(=O)CC3C(C)(C)C(Oc4ccc(C#N)c(Cl)c4)C3(C)C)cc1)c1nnc(C)n1-2. The zero-order valence-corrected chi connectivity index (χ0v) is 46.2. The number of hydrogen-bond acceptors (Lipinski definition) is 15. The van der Waals surface area contributed by atoms with Gasteiger partial charge >= 0.3 is 0 Å². The number of aromatic nitrogens is 3. The van der Waals surface area contributed by atoms with Crippen molar-refractivity contribution >= 4 is 51.9 Å². The van der Waals surface area contributed by atoms with Crippen molar-refractivity contribution in [1.29, 1.82) is 5.26 Å². The van der Waals surface area contributed by atoms with E-state index in [2.05, 4.69) is 63.1 Å². The van der Waals surface area contributed by atoms with Crippen molar-refractivity contribution in [3.05, 3.63) is 121 Å². The first-order chi connectivity index (χ1) is 36.1. The van der Waals surface area contributed by atoms with Crippen LogP contribution in [0.25, 0.3) is 5.00 Å². The zero-order valence-electron chi connectivity index (χ0n) is 43.9. The van der Waals surface area contributed by atoms with Gasteiger partial charge in [0.15, 0.2) is 11.6 Å². The van der Waals surface area contributed by atoms with Crippen molar-refractivity contribution in [1.82, 2.24) is 20.1 Å². The number of nitrogens with zero attached hydrogens (tertiary/aromatic N) is 5. The van der Waals surface area contributed by atoms with E-state index in [1.807, 2.05) is 47.9 Å². The lowest BCUT2D eigenvalue weighted by Gasteiger charge is -2.63. The Morgan fingerprint density at radius 2 is 1.28 bits per heavy atom. The average Bonchev–Trinajstić information content (AvgIpc) is 3.90. The maximum Gasteiger partial charge on any atom is 0.222 e. The van der Waals surface area contributed by atoms with Crippen molar-refractivity contribution < 1.29 is 47.5 Å². The molecule has 1 saturated carbocycles. The first-order valence-corrected chi connectivity index (χ1v) is 26.9. The number of aliphatic imine (C=N–C) groups is 1. The van der Waals surface area contributed by atoms with Crippen LogP contribution in [0.2, 0.25) is 10.0 Å². The number of nitrogens with one attached hydrogen (secondary N) is 1. The highest BCUT2D eigenvalue weighted by molar-refractivity contribution is 7.15. The van der Waals surface area contributed by atoms with Gasteiger partial charge in [0.2, 0.25) is 5.91 Å². The number of nitriles is 1. The maximum atomic E-state index is 13.4. The standard InChI is InChI=1S/C56H68Cl2N6O10S/c1-36-37(2)75-53-50(36)51(40-8-13-42(57)14-9-40)61-46(52-63-62-38(3)64(52)53)33-49(66)60-18-19-67-20-21-68-22-23-69-24-25-70-26-27-71-28-29-72-30-31-73-43-15-10-39(11-16-43)47(65)34-48-55(4,5)54(56(48,6)7)74-44-17-12-41(35-59)45(58)32-44/h8-17,32,46,48,54H,18-31,33-34H2,1-7H3,(H,60,66)/t46-,48?,54?/m0/s1. The lowest BCUT2D eigenvalue weighted by molar-refractivity contribution is -0.196. The Morgan fingerprint density at radius 3 is 1.85 bits per heavy atom. The van der Waals surface area contributed by atoms with Crippen LogP contribution in [0, 0.1) is 48.9 Å². The molecular weight excluding hydrogens is 1020 g/mol. The van der Waals surface area contributed by atoms with Gasteiger partial charge in [-0.3, -0.25) is 19.1 Å². The number of rotatable bonds is 30. The molecule has 0 radical (unpaired) electrons. The molecular formula is C56H68Cl2N6O10S. The summed E-state index contributed by atoms with van der Waals surface area (Å²) in [4.78, 5) is 32.9. The average molecular weight is 1090 g/mol. The van der Waals surface area contributed by atoms with Gasteiger partial charge in [-0.05, 0) is 80.8 Å². The summed E-state index contributed by atoms with van der Waals surface area (Å²) >= 11 is 14.1. The fourth-order valence-corrected chi connectivity index (χ4v) is 11.5. The molecule has 19 heteroatoms. The lowest BCUT2D eigenvalue weighted by Crippen LogP contribution is -2.66. The van der Waals surface area contributed by atoms with Gasteiger partial charge < -0.3 is 43.2 Å². The normalized spacial score (nSPS) is 17.2. The van der Waals surface area contributed by atoms with Crippen LogP contribution in [0.1, 0.15) is 95.7 Å². The minimum atomic E-state index is -0.544. The summed E-state index contributed by atoms with van der Waals surface area (Å²) in [5.74, 6) is 2.65. The van der Waals surface area contributed by atoms with Gasteiger partial charge in [0, 0.05) is 56.5 Å². The predicted octanol–water partition coefficient (Wildman–Crippen LogP) is 9.71. The smallest absolute Gasteiger partial charge is 0.222 e. The van der Waals surface area contributed by atoms with Gasteiger partial charge in [0.1, 0.15) is 47.1 Å². The molecule has 1 atom stereocenters. The van der Waals surface area contributed by atoms with Crippen molar-refractivity contribution in [2.45, 2.75) is 73.5 Å². The molecule has 1 fully saturated rings. The molecule has 75 heavy (non-hydrogen) atoms. The molecule has 3 aromatic carbocycles. The van der Waals surface area contributed by atoms with E-state index in [-0.39, 0.29) is 41.0 Å². The molecule has 402 valence electrons. The third-order valence-corrected chi connectivity index (χ3v) is 15.4. The number of amides is 1. The fraction of sp³-hybridized carbons (Fsp3) is 0.500. The summed E-state index contributed by atoms with van der Waals surface area (Å²) < 4.78 is 47.9. The third-order valence-electron chi connectivity index (χ3n) is 13.7. The van der Waals surface area contributed by atoms with Gasteiger partial charge in [-0.25, -0.2) is 0 Å². The highest BCUT2D eigenvalue weighted by Gasteiger charge is 2.63. The maximum absolute atomic E-state index is 13.4. The Labute approximate surface area is 453 Å². The van der Waals surface area contributed by atoms with E-state index in [1.54, 1.807) is 41.7 Å². The number of carbonyl (C=O) groups excluding carboxylic acids is 2. The van der Waals surface area contributed by atoms with E-state index in [0.717, 1.165) is 33.2 Å². The van der Waals surface area contributed by atoms with Gasteiger partial charge in [-0.1, -0.05) is 63.0 Å². The molecule has 1 aliphatic heterocycles. The molecule has 3 heterocycles. The van der Waals surface area contributed by atoms with E-state index in [4.69, 9.17) is 66.1 Å². The van der Waals surface area contributed by atoms with Crippen molar-refractivity contribution in [3.8, 4) is 22.6 Å². The molecule has 1 N–H and O–H groups in total. The molecule has 1 aliphatic carbocycles. The summed E-state index contributed by atoms with van der Waals surface area (Å²) in [6.07, 6.45) is 0.363. The van der Waals surface area contributed by atoms with Gasteiger partial charge in [-0.2, -0.15) is 5.26 Å². The van der Waals surface area contributed by atoms with E-state index in [0.29, 0.717) is 137 Å². The van der Waals surface area contributed by atoms with E-state index >= 15 is 0 Å². The van der Waals surface area contributed by atoms with Crippen molar-refractivity contribution in [2.75, 3.05) is 92.4 Å². The van der Waals surface area contributed by atoms with Crippen LogP contribution in [-0.2, 0) is 33.2 Å². The van der Waals surface area contributed by atoms with Crippen molar-refractivity contribution in [2.24, 2.45) is 21.7 Å². The van der Waals surface area contributed by atoms with E-state index in [9.17, 15) is 14.9 Å². The first-order valence-electron chi connectivity index (χ1n) is 25.3. The second-order valence-corrected chi connectivity index (χ2v) is 21.6. The second kappa shape index (κ2) is 27.2. The van der Waals surface area contributed by atoms with Crippen LogP contribution in [0.3, 0.4) is 0 Å². The quantitative estimate of drug-likeness (QED) is 0.0339. The largest absolute Gasteiger partial charge is 0.491 e. The Hall–Kier alpha value is -5.26. The summed E-state index contributed by atoms with van der Waals surface area (Å²) in [6.45, 7) is 20.3. The number of ketones is 1. The number of Topliss-reactive ketones (excluding diaryl/α,β-unsaturated/α-hetero) is 1. The highest BCUT2D eigenvalue weighted by Crippen LogP contribution is 2.62. The molecule has 0 saturated heterocycles. The summed E-state index contributed by atoms with van der Waals surface area (Å²) in [7, 11) is 0. The second-order valence-electron chi connectivity index (χ2n) is 19.6. The molecule has 0 bridgehead atoms. The van der Waals surface area contributed by atoms with Crippen LogP contribution < -0.4 is 14.8 Å². The Balaban J connectivity index is 0.655. The number of hydrogen-bond donors (Lipinski definition) is 1. The summed E-state index contributed by atoms with van der Waals surface area (Å²) in [5, 5.41) is 23.0. The molecule has 0 spiro atoms. The Bertz CT molecular complexity index is 2760. The van der Waals surface area contributed by atoms with E-state index < -0.39 is 6.04 Å². The Morgan fingerprint density at radius 1 is 0.720 bits per heavy atom. The fourth-order valence-electron chi connectivity index (χ4n) is 9.92. The molecule has 7 rings (SSSR count). The van der Waals surface area contributed by atoms with Crippen LogP contribution in [-0.4, -0.2) is 131 Å². The number of aryl methyl sites for hydroxylation is 2. The number of benzene rings is 3. The summed E-state index contributed by atoms with van der Waals surface area (Å²) in [6, 6.07) is 21.5. The Kier molecular flexibility index (Phi) is 20.8. The van der Waals surface area contributed by atoms with Crippen LogP contribution in [0.4, 0.5) is 0 Å². The minimum Gasteiger partial charge on any atom is -0.491 e. The minimum absolute atomic E-state index is 0.0732. The van der Waals surface area contributed by atoms with Crippen LogP contribution >= 0.6 is 34.5 Å². The molecule has 0 unspecified atom stereocenters. The predicted molar refractivity (Wildman–Crippen MR) is 288 cm³/mol. The van der Waals surface area contributed by atoms with Crippen LogP contribution in [0.15, 0.2) is 71.7 Å². The lowest BCUT2D eigenvalue weighted by atomic mass is 9.44. The topological polar surface area (TPSA) is 187 Å². The van der Waals surface area contributed by atoms with Gasteiger partial charge in [0.05, 0.1) is 102 Å². The zero-order chi connectivity index (χ0) is 53.5. The number of ether oxygens (including phenoxy) is 8. The molecule has 1 amide bonds.